The molecule has 3 aromatic carbocycles. The maximum Gasteiger partial charge on any atom is 0.264 e. The molecule has 0 bridgehead atoms. The van der Waals surface area contributed by atoms with Crippen molar-refractivity contribution in [2.24, 2.45) is 15.4 Å². The van der Waals surface area contributed by atoms with Crippen molar-refractivity contribution >= 4 is 23.3 Å². The van der Waals surface area contributed by atoms with Crippen molar-refractivity contribution in [3.63, 3.8) is 0 Å². The Bertz CT molecular complexity index is 1180. The third kappa shape index (κ3) is 6.13. The topological polar surface area (TPSA) is 45.0 Å². The Kier molecular flexibility index (Phi) is 7.60. The van der Waals surface area contributed by atoms with Gasteiger partial charge in [0.15, 0.2) is 0 Å². The van der Waals surface area contributed by atoms with Crippen molar-refractivity contribution in [3.05, 3.63) is 102 Å². The maximum atomic E-state index is 14.1. The van der Waals surface area contributed by atoms with Crippen LogP contribution in [0.15, 0.2) is 94.9 Å². The Labute approximate surface area is 209 Å². The van der Waals surface area contributed by atoms with Gasteiger partial charge < -0.3 is 0 Å². The molecule has 0 spiro atoms. The van der Waals surface area contributed by atoms with Crippen molar-refractivity contribution in [3.8, 4) is 0 Å². The second-order valence-corrected chi connectivity index (χ2v) is 10.3. The summed E-state index contributed by atoms with van der Waals surface area (Å²) in [4.78, 5) is 26.1. The fraction of sp³-hybridized carbons (Fsp3) is 0.323. The van der Waals surface area contributed by atoms with Crippen molar-refractivity contribution < 1.29 is 4.79 Å². The Morgan fingerprint density at radius 1 is 0.800 bits per heavy atom. The Morgan fingerprint density at radius 3 is 1.94 bits per heavy atom. The van der Waals surface area contributed by atoms with E-state index >= 15 is 0 Å². The maximum absolute atomic E-state index is 14.1. The van der Waals surface area contributed by atoms with Gasteiger partial charge in [-0.05, 0) is 44.0 Å². The summed E-state index contributed by atoms with van der Waals surface area (Å²) in [6.45, 7) is 8.44. The van der Waals surface area contributed by atoms with E-state index in [0.29, 0.717) is 17.4 Å². The van der Waals surface area contributed by atoms with E-state index in [2.05, 4.69) is 20.8 Å². The first kappa shape index (κ1) is 24.6. The van der Waals surface area contributed by atoms with Crippen molar-refractivity contribution in [1.29, 1.82) is 0 Å². The zero-order valence-corrected chi connectivity index (χ0v) is 21.2. The van der Waals surface area contributed by atoms with E-state index in [0.717, 1.165) is 35.5 Å². The number of anilines is 1. The number of hydrogen-bond donors (Lipinski definition) is 0. The average molecular weight is 466 g/mol. The molecule has 4 heteroatoms. The number of para-hydroxylation sites is 1. The molecule has 3 aromatic rings. The SMILES string of the molecule is Cc1ccc(C(=O)N(C(=NC(=NC2CCCC2)C(C)(C)C)c2ccccc2)c2ccccc2)cc1. The molecule has 1 saturated carbocycles. The predicted octanol–water partition coefficient (Wildman–Crippen LogP) is 7.48. The van der Waals surface area contributed by atoms with Crippen LogP contribution in [-0.4, -0.2) is 23.6 Å². The van der Waals surface area contributed by atoms with Gasteiger partial charge in [0, 0.05) is 16.5 Å². The molecule has 1 aliphatic carbocycles. The number of rotatable bonds is 4. The lowest BCUT2D eigenvalue weighted by Gasteiger charge is -2.27. The molecule has 180 valence electrons. The summed E-state index contributed by atoms with van der Waals surface area (Å²) in [6.07, 6.45) is 4.62. The first-order valence-corrected chi connectivity index (χ1v) is 12.5. The van der Waals surface area contributed by atoms with Gasteiger partial charge >= 0.3 is 0 Å². The number of amidine groups is 2. The van der Waals surface area contributed by atoms with Gasteiger partial charge in [0.1, 0.15) is 11.7 Å². The minimum Gasteiger partial charge on any atom is -0.268 e. The van der Waals surface area contributed by atoms with Crippen LogP contribution in [0, 0.1) is 12.3 Å². The quantitative estimate of drug-likeness (QED) is 0.291. The van der Waals surface area contributed by atoms with E-state index < -0.39 is 0 Å². The fourth-order valence-electron chi connectivity index (χ4n) is 4.27. The van der Waals surface area contributed by atoms with Crippen LogP contribution < -0.4 is 4.90 Å². The van der Waals surface area contributed by atoms with Gasteiger partial charge in [0.05, 0.1) is 11.7 Å². The molecule has 1 amide bonds. The van der Waals surface area contributed by atoms with Crippen LogP contribution >= 0.6 is 0 Å². The zero-order chi connectivity index (χ0) is 24.8. The molecule has 4 rings (SSSR count). The average Bonchev–Trinajstić information content (AvgIpc) is 3.37. The zero-order valence-electron chi connectivity index (χ0n) is 21.2. The third-order valence-corrected chi connectivity index (χ3v) is 6.27. The predicted molar refractivity (Wildman–Crippen MR) is 147 cm³/mol. The molecule has 4 nitrogen and oxygen atoms in total. The van der Waals surface area contributed by atoms with Crippen LogP contribution in [0.3, 0.4) is 0 Å². The summed E-state index contributed by atoms with van der Waals surface area (Å²) in [5, 5.41) is 0. The molecule has 0 N–H and O–H groups in total. The molecular formula is C31H35N3O. The number of aliphatic imine (C=N–C) groups is 2. The number of hydrogen-bond acceptors (Lipinski definition) is 2. The second-order valence-electron chi connectivity index (χ2n) is 10.3. The monoisotopic (exact) mass is 465 g/mol. The van der Waals surface area contributed by atoms with Gasteiger partial charge in [-0.15, -0.1) is 0 Å². The van der Waals surface area contributed by atoms with Gasteiger partial charge in [-0.2, -0.15) is 0 Å². The lowest BCUT2D eigenvalue weighted by Crippen LogP contribution is -2.39. The molecule has 0 radical (unpaired) electrons. The number of carbonyl (C=O) groups is 1. The second kappa shape index (κ2) is 10.8. The number of carbonyl (C=O) groups excluding carboxylic acids is 1. The van der Waals surface area contributed by atoms with Gasteiger partial charge in [0.2, 0.25) is 0 Å². The van der Waals surface area contributed by atoms with Crippen LogP contribution in [0.2, 0.25) is 0 Å². The van der Waals surface area contributed by atoms with Crippen LogP contribution in [-0.2, 0) is 0 Å². The third-order valence-electron chi connectivity index (χ3n) is 6.27. The van der Waals surface area contributed by atoms with Crippen molar-refractivity contribution in [2.75, 3.05) is 4.90 Å². The standard InChI is InChI=1S/C31H35N3O/c1-23-19-21-25(22-20-23)29(35)34(27-17-9-6-10-18-27)28(24-13-7-5-8-14-24)33-30(31(2,3)4)32-26-15-11-12-16-26/h5-10,13-14,17-22,26H,11-12,15-16H2,1-4H3. The largest absolute Gasteiger partial charge is 0.268 e. The van der Waals surface area contributed by atoms with Gasteiger partial charge in [0.25, 0.3) is 5.91 Å². The van der Waals surface area contributed by atoms with E-state index in [1.807, 2.05) is 91.9 Å². The van der Waals surface area contributed by atoms with E-state index in [1.54, 1.807) is 4.90 Å². The van der Waals surface area contributed by atoms with E-state index in [4.69, 9.17) is 9.98 Å². The van der Waals surface area contributed by atoms with Crippen LogP contribution in [0.4, 0.5) is 5.69 Å². The van der Waals surface area contributed by atoms with E-state index in [-0.39, 0.29) is 11.3 Å². The number of nitrogens with zero attached hydrogens (tertiary/aromatic N) is 3. The van der Waals surface area contributed by atoms with Gasteiger partial charge in [-0.3, -0.25) is 14.7 Å². The fourth-order valence-corrected chi connectivity index (χ4v) is 4.27. The molecule has 0 saturated heterocycles. The number of amides is 1. The highest BCUT2D eigenvalue weighted by Gasteiger charge is 2.28. The number of aryl methyl sites for hydroxylation is 1. The summed E-state index contributed by atoms with van der Waals surface area (Å²) in [5.74, 6) is 1.25. The number of benzene rings is 3. The summed E-state index contributed by atoms with van der Waals surface area (Å²) < 4.78 is 0. The van der Waals surface area contributed by atoms with E-state index in [9.17, 15) is 4.79 Å². The minimum absolute atomic E-state index is 0.118. The molecule has 0 aromatic heterocycles. The highest BCUT2D eigenvalue weighted by molar-refractivity contribution is 6.29. The minimum atomic E-state index is -0.266. The van der Waals surface area contributed by atoms with Crippen molar-refractivity contribution in [1.82, 2.24) is 0 Å². The van der Waals surface area contributed by atoms with E-state index in [1.165, 1.54) is 12.8 Å². The molecule has 0 aliphatic heterocycles. The highest BCUT2D eigenvalue weighted by atomic mass is 16.2. The molecule has 0 unspecified atom stereocenters. The molecule has 0 atom stereocenters. The molecule has 1 aliphatic rings. The molecular weight excluding hydrogens is 430 g/mol. The van der Waals surface area contributed by atoms with Crippen LogP contribution in [0.5, 0.6) is 0 Å². The summed E-state index contributed by atoms with van der Waals surface area (Å²) in [7, 11) is 0. The molecule has 0 heterocycles. The summed E-state index contributed by atoms with van der Waals surface area (Å²) in [6, 6.07) is 27.7. The normalized spacial score (nSPS) is 15.3. The Morgan fingerprint density at radius 2 is 1.37 bits per heavy atom. The lowest BCUT2D eigenvalue weighted by atomic mass is 9.94. The van der Waals surface area contributed by atoms with Crippen LogP contribution in [0.1, 0.15) is 67.9 Å². The molecule has 1 fully saturated rings. The molecule has 35 heavy (non-hydrogen) atoms. The first-order chi connectivity index (χ1) is 16.8. The van der Waals surface area contributed by atoms with Crippen molar-refractivity contribution in [2.45, 2.75) is 59.4 Å². The Balaban J connectivity index is 1.92. The smallest absolute Gasteiger partial charge is 0.264 e. The summed E-state index contributed by atoms with van der Waals surface area (Å²) in [5.41, 5.74) is 3.12. The summed E-state index contributed by atoms with van der Waals surface area (Å²) >= 11 is 0. The van der Waals surface area contributed by atoms with Crippen LogP contribution in [0.25, 0.3) is 0 Å². The highest BCUT2D eigenvalue weighted by Crippen LogP contribution is 2.27. The lowest BCUT2D eigenvalue weighted by molar-refractivity contribution is 0.100. The first-order valence-electron chi connectivity index (χ1n) is 12.5. The Hall–Kier alpha value is -3.53. The van der Waals surface area contributed by atoms with Gasteiger partial charge in [-0.1, -0.05) is 99.8 Å². The van der Waals surface area contributed by atoms with Gasteiger partial charge in [-0.25, -0.2) is 4.99 Å².